The number of hydrogen-bond donors (Lipinski definition) is 1. The molecule has 0 bridgehead atoms. The van der Waals surface area contributed by atoms with Crippen LogP contribution in [0.2, 0.25) is 0 Å². The van der Waals surface area contributed by atoms with Crippen molar-refractivity contribution in [1.29, 1.82) is 0 Å². The first-order chi connectivity index (χ1) is 13.7. The summed E-state index contributed by atoms with van der Waals surface area (Å²) in [6, 6.07) is 9.35. The molecule has 4 rings (SSSR count). The summed E-state index contributed by atoms with van der Waals surface area (Å²) >= 11 is 0. The highest BCUT2D eigenvalue weighted by molar-refractivity contribution is 5.81. The van der Waals surface area contributed by atoms with Gasteiger partial charge in [0, 0.05) is 36.9 Å². The number of carbonyl (C=O) groups is 2. The number of fused-ring (bicyclic) bond motifs is 1. The highest BCUT2D eigenvalue weighted by Crippen LogP contribution is 2.59. The third kappa shape index (κ3) is 3.95. The van der Waals surface area contributed by atoms with Crippen LogP contribution in [0.5, 0.6) is 0 Å². The molecular formula is C25H36N2O2. The summed E-state index contributed by atoms with van der Waals surface area (Å²) in [5.41, 5.74) is 3.35. The number of benzene rings is 1. The Morgan fingerprint density at radius 3 is 2.66 bits per heavy atom. The van der Waals surface area contributed by atoms with Crippen LogP contribution in [0.1, 0.15) is 77.3 Å². The molecule has 2 atom stereocenters. The fourth-order valence-corrected chi connectivity index (χ4v) is 5.33. The van der Waals surface area contributed by atoms with Gasteiger partial charge in [0.15, 0.2) is 0 Å². The molecule has 2 unspecified atom stereocenters. The largest absolute Gasteiger partial charge is 0.353 e. The topological polar surface area (TPSA) is 49.4 Å². The maximum absolute atomic E-state index is 12.9. The first-order valence-electron chi connectivity index (χ1n) is 11.4. The second-order valence-electron chi connectivity index (χ2n) is 10.6. The smallest absolute Gasteiger partial charge is 0.225 e. The van der Waals surface area contributed by atoms with E-state index in [1.807, 2.05) is 6.92 Å². The predicted molar refractivity (Wildman–Crippen MR) is 116 cm³/mol. The average Bonchev–Trinajstić information content (AvgIpc) is 3.38. The summed E-state index contributed by atoms with van der Waals surface area (Å²) in [6.07, 6.45) is 5.38. The van der Waals surface area contributed by atoms with Gasteiger partial charge in [-0.15, -0.1) is 0 Å². The summed E-state index contributed by atoms with van der Waals surface area (Å²) in [4.78, 5) is 26.8. The summed E-state index contributed by atoms with van der Waals surface area (Å²) in [7, 11) is 0. The van der Waals surface area contributed by atoms with Crippen LogP contribution >= 0.6 is 0 Å². The Balaban J connectivity index is 1.32. The zero-order chi connectivity index (χ0) is 20.8. The van der Waals surface area contributed by atoms with E-state index in [0.29, 0.717) is 23.7 Å². The molecule has 1 heterocycles. The molecule has 4 heteroatoms. The molecule has 4 nitrogen and oxygen atoms in total. The van der Waals surface area contributed by atoms with Crippen LogP contribution in [-0.2, 0) is 20.4 Å². The highest BCUT2D eigenvalue weighted by atomic mass is 16.2. The van der Waals surface area contributed by atoms with Crippen LogP contribution in [0, 0.1) is 11.8 Å². The van der Waals surface area contributed by atoms with Crippen molar-refractivity contribution < 1.29 is 9.59 Å². The van der Waals surface area contributed by atoms with E-state index in [2.05, 4.69) is 55.3 Å². The second kappa shape index (κ2) is 7.45. The Bertz CT molecular complexity index is 790. The molecule has 29 heavy (non-hydrogen) atoms. The van der Waals surface area contributed by atoms with Crippen molar-refractivity contribution in [2.45, 2.75) is 83.1 Å². The summed E-state index contributed by atoms with van der Waals surface area (Å²) in [5, 5.41) is 3.06. The lowest BCUT2D eigenvalue weighted by atomic mass is 9.78. The van der Waals surface area contributed by atoms with Gasteiger partial charge in [0.05, 0.1) is 0 Å². The molecular weight excluding hydrogens is 360 g/mol. The van der Waals surface area contributed by atoms with E-state index in [9.17, 15) is 9.59 Å². The van der Waals surface area contributed by atoms with Gasteiger partial charge in [-0.2, -0.15) is 0 Å². The number of nitrogens with one attached hydrogen (secondary N) is 1. The van der Waals surface area contributed by atoms with Crippen molar-refractivity contribution in [3.8, 4) is 0 Å². The van der Waals surface area contributed by atoms with E-state index < -0.39 is 0 Å². The summed E-state index contributed by atoms with van der Waals surface area (Å²) in [5.74, 6) is 1.16. The van der Waals surface area contributed by atoms with Gasteiger partial charge in [0.2, 0.25) is 11.8 Å². The van der Waals surface area contributed by atoms with Crippen LogP contribution in [0.25, 0.3) is 0 Å². The second-order valence-corrected chi connectivity index (χ2v) is 10.6. The minimum atomic E-state index is 0.109. The van der Waals surface area contributed by atoms with Crippen LogP contribution < -0.4 is 5.32 Å². The number of carbonyl (C=O) groups excluding carboxylic acids is 2. The third-order valence-electron chi connectivity index (χ3n) is 7.45. The van der Waals surface area contributed by atoms with Crippen LogP contribution in [0.4, 0.5) is 0 Å². The third-order valence-corrected chi connectivity index (χ3v) is 7.45. The zero-order valence-electron chi connectivity index (χ0n) is 18.5. The molecule has 0 aromatic heterocycles. The number of piperidine rings is 1. The van der Waals surface area contributed by atoms with E-state index in [1.165, 1.54) is 17.5 Å². The van der Waals surface area contributed by atoms with Gasteiger partial charge in [-0.1, -0.05) is 52.0 Å². The Morgan fingerprint density at radius 2 is 2.00 bits per heavy atom. The van der Waals surface area contributed by atoms with Crippen molar-refractivity contribution >= 4 is 11.8 Å². The van der Waals surface area contributed by atoms with Crippen molar-refractivity contribution in [1.82, 2.24) is 10.2 Å². The maximum Gasteiger partial charge on any atom is 0.225 e. The molecule has 0 spiro atoms. The van der Waals surface area contributed by atoms with Crippen molar-refractivity contribution in [2.24, 2.45) is 11.8 Å². The monoisotopic (exact) mass is 396 g/mol. The molecule has 2 aliphatic carbocycles. The Kier molecular flexibility index (Phi) is 5.25. The molecule has 0 radical (unpaired) electrons. The molecule has 3 aliphatic rings. The van der Waals surface area contributed by atoms with Crippen molar-refractivity contribution in [3.05, 3.63) is 35.4 Å². The number of hydrogen-bond acceptors (Lipinski definition) is 2. The number of rotatable bonds is 5. The predicted octanol–water partition coefficient (Wildman–Crippen LogP) is 4.17. The van der Waals surface area contributed by atoms with Gasteiger partial charge < -0.3 is 10.2 Å². The number of amides is 2. The first-order valence-corrected chi connectivity index (χ1v) is 11.4. The number of nitrogens with zero attached hydrogens (tertiary/aromatic N) is 1. The van der Waals surface area contributed by atoms with E-state index in [0.717, 1.165) is 38.8 Å². The summed E-state index contributed by atoms with van der Waals surface area (Å²) < 4.78 is 0. The molecule has 2 saturated carbocycles. The van der Waals surface area contributed by atoms with Gasteiger partial charge in [-0.25, -0.2) is 0 Å². The van der Waals surface area contributed by atoms with Gasteiger partial charge in [-0.3, -0.25) is 9.59 Å². The van der Waals surface area contributed by atoms with E-state index in [1.54, 1.807) is 0 Å². The summed E-state index contributed by atoms with van der Waals surface area (Å²) in [6.45, 7) is 10.6. The highest BCUT2D eigenvalue weighted by Gasteiger charge is 2.58. The molecule has 1 saturated heterocycles. The quantitative estimate of drug-likeness (QED) is 0.812. The fourth-order valence-electron chi connectivity index (χ4n) is 5.33. The van der Waals surface area contributed by atoms with E-state index in [-0.39, 0.29) is 23.3 Å². The normalized spacial score (nSPS) is 30.9. The lowest BCUT2D eigenvalue weighted by Gasteiger charge is -2.40. The fraction of sp³-hybridized carbons (Fsp3) is 0.680. The molecule has 158 valence electrons. The molecule has 1 aromatic carbocycles. The minimum Gasteiger partial charge on any atom is -0.353 e. The Labute approximate surface area is 175 Å². The van der Waals surface area contributed by atoms with E-state index in [4.69, 9.17) is 0 Å². The van der Waals surface area contributed by atoms with Gasteiger partial charge in [-0.05, 0) is 54.6 Å². The standard InChI is InChI=1S/C25H36N2O2/c1-5-7-22(28)26-21-12-17(13-21)23(29)27-11-10-25(15-20(25)16-27)19-9-6-8-18(14-19)24(2,3)4/h6,8-9,14,17,20-21H,5,7,10-13,15-16H2,1-4H3,(H,26,28). The lowest BCUT2D eigenvalue weighted by molar-refractivity contribution is -0.141. The van der Waals surface area contributed by atoms with E-state index >= 15 is 0 Å². The van der Waals surface area contributed by atoms with Crippen LogP contribution in [0.15, 0.2) is 24.3 Å². The molecule has 2 amide bonds. The molecule has 3 fully saturated rings. The van der Waals surface area contributed by atoms with Crippen LogP contribution in [0.3, 0.4) is 0 Å². The number of likely N-dealkylation sites (tertiary alicyclic amines) is 1. The molecule has 1 N–H and O–H groups in total. The zero-order valence-corrected chi connectivity index (χ0v) is 18.5. The van der Waals surface area contributed by atoms with Gasteiger partial charge in [0.25, 0.3) is 0 Å². The average molecular weight is 397 g/mol. The Hall–Kier alpha value is -1.84. The van der Waals surface area contributed by atoms with Gasteiger partial charge >= 0.3 is 0 Å². The minimum absolute atomic E-state index is 0.109. The lowest BCUT2D eigenvalue weighted by Crippen LogP contribution is -2.52. The van der Waals surface area contributed by atoms with Gasteiger partial charge in [0.1, 0.15) is 0 Å². The SMILES string of the molecule is CCCC(=O)NC1CC(C(=O)N2CCC3(c4cccc(C(C)(C)C)c4)CC3C2)C1. The van der Waals surface area contributed by atoms with Crippen molar-refractivity contribution in [2.75, 3.05) is 13.1 Å². The van der Waals surface area contributed by atoms with Crippen molar-refractivity contribution in [3.63, 3.8) is 0 Å². The molecule has 1 aliphatic heterocycles. The maximum atomic E-state index is 12.9. The Morgan fingerprint density at radius 1 is 1.24 bits per heavy atom. The first kappa shape index (κ1) is 20.4. The molecule has 1 aromatic rings. The van der Waals surface area contributed by atoms with Crippen LogP contribution in [-0.4, -0.2) is 35.8 Å².